The molecule has 1 unspecified atom stereocenters. The molecule has 0 aliphatic carbocycles. The molecule has 1 aromatic rings. The molecule has 0 radical (unpaired) electrons. The molecule has 7 heteroatoms. The van der Waals surface area contributed by atoms with Crippen LogP contribution in [-0.2, 0) is 16.0 Å². The van der Waals surface area contributed by atoms with Crippen LogP contribution in [0.25, 0.3) is 0 Å². The Bertz CT molecular complexity index is 508. The minimum atomic E-state index is -2.97. The molecular formula is C14H17F2NO4. The van der Waals surface area contributed by atoms with Crippen molar-refractivity contribution in [2.24, 2.45) is 5.92 Å². The summed E-state index contributed by atoms with van der Waals surface area (Å²) in [5.74, 6) is -2.13. The highest BCUT2D eigenvalue weighted by Gasteiger charge is 2.19. The molecule has 0 aromatic heterocycles. The third-order valence-electron chi connectivity index (χ3n) is 2.93. The fraction of sp³-hybridized carbons (Fsp3) is 0.429. The van der Waals surface area contributed by atoms with E-state index in [0.29, 0.717) is 5.56 Å². The van der Waals surface area contributed by atoms with Crippen LogP contribution in [0.5, 0.6) is 5.75 Å². The third-order valence-corrected chi connectivity index (χ3v) is 2.93. The van der Waals surface area contributed by atoms with Gasteiger partial charge in [-0.25, -0.2) is 0 Å². The summed E-state index contributed by atoms with van der Waals surface area (Å²) in [6.45, 7) is -1.43. The van der Waals surface area contributed by atoms with Gasteiger partial charge in [0.15, 0.2) is 0 Å². The van der Waals surface area contributed by atoms with Gasteiger partial charge in [-0.05, 0) is 6.07 Å². The maximum Gasteiger partial charge on any atom is 0.387 e. The lowest BCUT2D eigenvalue weighted by molar-refractivity contribution is -0.142. The molecule has 0 aliphatic heterocycles. The second-order valence-corrected chi connectivity index (χ2v) is 4.68. The van der Waals surface area contributed by atoms with Crippen molar-refractivity contribution in [3.8, 4) is 5.75 Å². The number of benzene rings is 1. The van der Waals surface area contributed by atoms with E-state index in [4.69, 9.17) is 5.11 Å². The summed E-state index contributed by atoms with van der Waals surface area (Å²) in [5, 5.41) is 8.80. The Morgan fingerprint density at radius 2 is 1.95 bits per heavy atom. The standard InChI is InChI=1S/C14H17F2NO4/c1-9(13(19)20)8-17(2)12(18)7-10-5-3-4-6-11(10)21-14(15)16/h3-6,9,14H,7-8H2,1-2H3,(H,19,20). The second kappa shape index (κ2) is 7.56. The van der Waals surface area contributed by atoms with E-state index in [-0.39, 0.29) is 24.6 Å². The van der Waals surface area contributed by atoms with E-state index in [0.717, 1.165) is 0 Å². The Hall–Kier alpha value is -2.18. The van der Waals surface area contributed by atoms with E-state index in [2.05, 4.69) is 4.74 Å². The molecule has 0 fully saturated rings. The molecule has 116 valence electrons. The summed E-state index contributed by atoms with van der Waals surface area (Å²) in [4.78, 5) is 24.0. The van der Waals surface area contributed by atoms with E-state index in [9.17, 15) is 18.4 Å². The number of halogens is 2. The zero-order valence-electron chi connectivity index (χ0n) is 11.8. The predicted molar refractivity (Wildman–Crippen MR) is 71.2 cm³/mol. The van der Waals surface area contributed by atoms with Crippen molar-refractivity contribution in [2.75, 3.05) is 13.6 Å². The number of carboxylic acid groups (broad SMARTS) is 1. The lowest BCUT2D eigenvalue weighted by atomic mass is 10.1. The van der Waals surface area contributed by atoms with Crippen molar-refractivity contribution in [2.45, 2.75) is 20.0 Å². The van der Waals surface area contributed by atoms with Crippen LogP contribution in [0, 0.1) is 5.92 Å². The van der Waals surface area contributed by atoms with Gasteiger partial charge in [-0.15, -0.1) is 0 Å². The zero-order chi connectivity index (χ0) is 16.0. The predicted octanol–water partition coefficient (Wildman–Crippen LogP) is 2.01. The van der Waals surface area contributed by atoms with Gasteiger partial charge < -0.3 is 14.7 Å². The number of likely N-dealkylation sites (N-methyl/N-ethyl adjacent to an activating group) is 1. The minimum Gasteiger partial charge on any atom is -0.481 e. The number of carboxylic acids is 1. The van der Waals surface area contributed by atoms with Crippen LogP contribution in [0.1, 0.15) is 12.5 Å². The number of aliphatic carboxylic acids is 1. The summed E-state index contributed by atoms with van der Waals surface area (Å²) in [6.07, 6.45) is -0.133. The summed E-state index contributed by atoms with van der Waals surface area (Å²) < 4.78 is 28.9. The fourth-order valence-electron chi connectivity index (χ4n) is 1.75. The molecule has 1 N–H and O–H groups in total. The summed E-state index contributed by atoms with van der Waals surface area (Å²) in [5.41, 5.74) is 0.331. The molecule has 0 saturated carbocycles. The molecular weight excluding hydrogens is 284 g/mol. The van der Waals surface area contributed by atoms with Crippen molar-refractivity contribution in [1.82, 2.24) is 4.90 Å². The highest BCUT2D eigenvalue weighted by Crippen LogP contribution is 2.21. The monoisotopic (exact) mass is 301 g/mol. The van der Waals surface area contributed by atoms with Crippen LogP contribution < -0.4 is 4.74 Å². The summed E-state index contributed by atoms with van der Waals surface area (Å²) in [7, 11) is 1.47. The highest BCUT2D eigenvalue weighted by molar-refractivity contribution is 5.80. The maximum absolute atomic E-state index is 12.3. The van der Waals surface area contributed by atoms with Gasteiger partial charge in [0.25, 0.3) is 0 Å². The van der Waals surface area contributed by atoms with Gasteiger partial charge in [0, 0.05) is 19.2 Å². The van der Waals surface area contributed by atoms with Crippen molar-refractivity contribution < 1.29 is 28.2 Å². The highest BCUT2D eigenvalue weighted by atomic mass is 19.3. The minimum absolute atomic E-state index is 0.0477. The average Bonchev–Trinajstić information content (AvgIpc) is 2.40. The van der Waals surface area contributed by atoms with Gasteiger partial charge >= 0.3 is 12.6 Å². The van der Waals surface area contributed by atoms with Crippen LogP contribution in [0.3, 0.4) is 0 Å². The number of ether oxygens (including phenoxy) is 1. The Morgan fingerprint density at radius 1 is 1.33 bits per heavy atom. The number of alkyl halides is 2. The maximum atomic E-state index is 12.3. The van der Waals surface area contributed by atoms with E-state index in [1.165, 1.54) is 37.1 Å². The molecule has 1 atom stereocenters. The molecule has 1 rings (SSSR count). The Balaban J connectivity index is 2.72. The smallest absolute Gasteiger partial charge is 0.387 e. The van der Waals surface area contributed by atoms with Gasteiger partial charge in [-0.1, -0.05) is 25.1 Å². The number of amides is 1. The number of hydrogen-bond acceptors (Lipinski definition) is 3. The molecule has 1 aromatic carbocycles. The largest absolute Gasteiger partial charge is 0.481 e. The third kappa shape index (κ3) is 5.37. The molecule has 0 spiro atoms. The van der Waals surface area contributed by atoms with Crippen molar-refractivity contribution in [1.29, 1.82) is 0 Å². The lowest BCUT2D eigenvalue weighted by Gasteiger charge is -2.20. The summed E-state index contributed by atoms with van der Waals surface area (Å²) in [6, 6.07) is 6.02. The van der Waals surface area contributed by atoms with Crippen molar-refractivity contribution in [3.63, 3.8) is 0 Å². The van der Waals surface area contributed by atoms with E-state index in [1.807, 2.05) is 0 Å². The lowest BCUT2D eigenvalue weighted by Crippen LogP contribution is -2.34. The normalized spacial score (nSPS) is 12.0. The quantitative estimate of drug-likeness (QED) is 0.836. The van der Waals surface area contributed by atoms with Crippen LogP contribution in [0.4, 0.5) is 8.78 Å². The fourth-order valence-corrected chi connectivity index (χ4v) is 1.75. The molecule has 0 bridgehead atoms. The van der Waals surface area contributed by atoms with Crippen LogP contribution in [0.15, 0.2) is 24.3 Å². The first-order valence-corrected chi connectivity index (χ1v) is 6.30. The molecule has 0 heterocycles. The molecule has 5 nitrogen and oxygen atoms in total. The zero-order valence-corrected chi connectivity index (χ0v) is 11.8. The van der Waals surface area contributed by atoms with E-state index >= 15 is 0 Å². The number of rotatable bonds is 7. The van der Waals surface area contributed by atoms with Crippen LogP contribution in [-0.4, -0.2) is 42.1 Å². The van der Waals surface area contributed by atoms with Crippen LogP contribution in [0.2, 0.25) is 0 Å². The van der Waals surface area contributed by atoms with Crippen molar-refractivity contribution >= 4 is 11.9 Å². The first kappa shape index (κ1) is 16.9. The SMILES string of the molecule is CC(CN(C)C(=O)Cc1ccccc1OC(F)F)C(=O)O. The number of para-hydroxylation sites is 1. The van der Waals surface area contributed by atoms with Gasteiger partial charge in [0.2, 0.25) is 5.91 Å². The Labute approximate surface area is 121 Å². The number of hydrogen-bond donors (Lipinski definition) is 1. The Morgan fingerprint density at radius 3 is 2.52 bits per heavy atom. The first-order valence-electron chi connectivity index (χ1n) is 6.30. The number of carbonyl (C=O) groups is 2. The molecule has 21 heavy (non-hydrogen) atoms. The van der Waals surface area contributed by atoms with Gasteiger partial charge in [0.1, 0.15) is 5.75 Å². The molecule has 0 aliphatic rings. The van der Waals surface area contributed by atoms with E-state index in [1.54, 1.807) is 6.07 Å². The number of carbonyl (C=O) groups excluding carboxylic acids is 1. The van der Waals surface area contributed by atoms with E-state index < -0.39 is 18.5 Å². The van der Waals surface area contributed by atoms with Crippen molar-refractivity contribution in [3.05, 3.63) is 29.8 Å². The first-order chi connectivity index (χ1) is 9.81. The molecule has 0 saturated heterocycles. The number of nitrogens with zero attached hydrogens (tertiary/aromatic N) is 1. The van der Waals surface area contributed by atoms with Gasteiger partial charge in [0.05, 0.1) is 12.3 Å². The van der Waals surface area contributed by atoms with Crippen LogP contribution >= 0.6 is 0 Å². The second-order valence-electron chi connectivity index (χ2n) is 4.68. The molecule has 1 amide bonds. The summed E-state index contributed by atoms with van der Waals surface area (Å²) >= 11 is 0. The average molecular weight is 301 g/mol. The van der Waals surface area contributed by atoms with Gasteiger partial charge in [-0.2, -0.15) is 8.78 Å². The van der Waals surface area contributed by atoms with Gasteiger partial charge in [-0.3, -0.25) is 9.59 Å². The topological polar surface area (TPSA) is 66.8 Å². The Kier molecular flexibility index (Phi) is 6.08.